The molecule has 4 bridgehead atoms. The highest BCUT2D eigenvalue weighted by molar-refractivity contribution is 5.95. The Labute approximate surface area is 169 Å². The third kappa shape index (κ3) is 3.69. The molecule has 6 atom stereocenters. The predicted octanol–water partition coefficient (Wildman–Crippen LogP) is 3.14. The largest absolute Gasteiger partial charge is 0.446 e. The number of rotatable bonds is 6. The minimum Gasteiger partial charge on any atom is -0.446 e. The fraction of sp³-hybridized carbons (Fsp3) is 0.455. The second-order valence-electron chi connectivity index (χ2n) is 8.49. The number of nitrogens with one attached hydrogen (secondary N) is 2. The van der Waals surface area contributed by atoms with Crippen molar-refractivity contribution in [2.24, 2.45) is 45.7 Å². The zero-order chi connectivity index (χ0) is 19.8. The molecule has 4 aliphatic rings. The van der Waals surface area contributed by atoms with E-state index in [4.69, 9.17) is 4.42 Å². The standard InChI is InChI=1S/C22H24N4O3/c27-21(25-23-11-17-9-13-1-3-15(17)7-13)19-5-6-20(29-19)22(28)26-24-12-18-10-14-2-4-16(18)8-14/h1-6,11-18H,7-10H2,(H,25,27)(H,26,28). The molecule has 4 aliphatic carbocycles. The van der Waals surface area contributed by atoms with Crippen LogP contribution >= 0.6 is 0 Å². The van der Waals surface area contributed by atoms with E-state index in [1.54, 1.807) is 0 Å². The molecule has 0 aromatic carbocycles. The Kier molecular flexibility index (Phi) is 4.66. The highest BCUT2D eigenvalue weighted by Gasteiger charge is 2.35. The van der Waals surface area contributed by atoms with Gasteiger partial charge in [-0.1, -0.05) is 24.3 Å². The van der Waals surface area contributed by atoms with Gasteiger partial charge in [0.25, 0.3) is 0 Å². The lowest BCUT2D eigenvalue weighted by atomic mass is 9.95. The summed E-state index contributed by atoms with van der Waals surface area (Å²) in [6.45, 7) is 0. The van der Waals surface area contributed by atoms with Crippen molar-refractivity contribution in [3.8, 4) is 0 Å². The third-order valence-electron chi connectivity index (χ3n) is 6.58. The fourth-order valence-electron chi connectivity index (χ4n) is 5.06. The van der Waals surface area contributed by atoms with Crippen LogP contribution in [-0.2, 0) is 0 Å². The number of amides is 2. The lowest BCUT2D eigenvalue weighted by molar-refractivity contribution is 0.0902. The molecule has 2 fully saturated rings. The highest BCUT2D eigenvalue weighted by atomic mass is 16.4. The Hall–Kier alpha value is -2.96. The fourth-order valence-corrected chi connectivity index (χ4v) is 5.06. The van der Waals surface area contributed by atoms with Crippen LogP contribution in [0.2, 0.25) is 0 Å². The smallest absolute Gasteiger partial charge is 0.307 e. The molecule has 1 aromatic rings. The second kappa shape index (κ2) is 7.46. The maximum absolute atomic E-state index is 12.2. The number of hydrazone groups is 2. The molecule has 0 aliphatic heterocycles. The van der Waals surface area contributed by atoms with Crippen LogP contribution in [0, 0.1) is 35.5 Å². The Morgan fingerprint density at radius 2 is 1.28 bits per heavy atom. The van der Waals surface area contributed by atoms with Crippen molar-refractivity contribution in [1.82, 2.24) is 10.9 Å². The van der Waals surface area contributed by atoms with Crippen molar-refractivity contribution in [3.63, 3.8) is 0 Å². The van der Waals surface area contributed by atoms with Gasteiger partial charge < -0.3 is 4.42 Å². The molecular formula is C22H24N4O3. The van der Waals surface area contributed by atoms with E-state index in [2.05, 4.69) is 45.4 Å². The summed E-state index contributed by atoms with van der Waals surface area (Å²) in [5.74, 6) is 2.28. The van der Waals surface area contributed by atoms with Crippen LogP contribution in [-0.4, -0.2) is 24.2 Å². The van der Waals surface area contributed by atoms with E-state index in [9.17, 15) is 9.59 Å². The van der Waals surface area contributed by atoms with E-state index in [0.717, 1.165) is 12.8 Å². The first-order chi connectivity index (χ1) is 14.2. The normalized spacial score (nSPS) is 34.1. The number of nitrogens with zero attached hydrogens (tertiary/aromatic N) is 2. The molecule has 2 N–H and O–H groups in total. The zero-order valence-electron chi connectivity index (χ0n) is 16.0. The molecule has 1 heterocycles. The van der Waals surface area contributed by atoms with Crippen LogP contribution in [0.3, 0.4) is 0 Å². The summed E-state index contributed by atoms with van der Waals surface area (Å²) in [7, 11) is 0. The van der Waals surface area contributed by atoms with E-state index in [-0.39, 0.29) is 11.5 Å². The number of furan rings is 1. The van der Waals surface area contributed by atoms with Crippen LogP contribution < -0.4 is 10.9 Å². The van der Waals surface area contributed by atoms with E-state index in [1.807, 2.05) is 12.4 Å². The van der Waals surface area contributed by atoms with Crippen LogP contribution in [0.25, 0.3) is 0 Å². The van der Waals surface area contributed by atoms with Gasteiger partial charge in [0.2, 0.25) is 0 Å². The first-order valence-electron chi connectivity index (χ1n) is 10.3. The summed E-state index contributed by atoms with van der Waals surface area (Å²) < 4.78 is 5.36. The number of hydrogen-bond donors (Lipinski definition) is 2. The van der Waals surface area contributed by atoms with Gasteiger partial charge in [0, 0.05) is 24.3 Å². The van der Waals surface area contributed by atoms with Gasteiger partial charge in [0.1, 0.15) is 0 Å². The molecule has 0 spiro atoms. The SMILES string of the molecule is O=C(NN=CC1CC2C=CC1C2)c1ccc(C(=O)NN=CC2CC3C=CC2C3)o1. The summed E-state index contributed by atoms with van der Waals surface area (Å²) in [4.78, 5) is 24.4. The average molecular weight is 392 g/mol. The topological polar surface area (TPSA) is 96.1 Å². The van der Waals surface area contributed by atoms with E-state index < -0.39 is 11.8 Å². The molecule has 7 nitrogen and oxygen atoms in total. The van der Waals surface area contributed by atoms with Gasteiger partial charge in [-0.25, -0.2) is 10.9 Å². The molecule has 6 unspecified atom stereocenters. The van der Waals surface area contributed by atoms with E-state index in [1.165, 1.54) is 25.0 Å². The molecule has 0 saturated heterocycles. The average Bonchev–Trinajstić information content (AvgIpc) is 3.54. The van der Waals surface area contributed by atoms with Crippen LogP contribution in [0.1, 0.15) is 46.8 Å². The van der Waals surface area contributed by atoms with Gasteiger partial charge in [-0.05, 0) is 61.5 Å². The minimum absolute atomic E-state index is 0.0438. The first kappa shape index (κ1) is 18.1. The molecular weight excluding hydrogens is 368 g/mol. The van der Waals surface area contributed by atoms with Crippen LogP contribution in [0.15, 0.2) is 51.1 Å². The number of allylic oxidation sites excluding steroid dienone is 4. The van der Waals surface area contributed by atoms with Crippen LogP contribution in [0.4, 0.5) is 0 Å². The molecule has 7 heteroatoms. The maximum Gasteiger partial charge on any atom is 0.307 e. The van der Waals surface area contributed by atoms with Crippen molar-refractivity contribution in [2.45, 2.75) is 25.7 Å². The summed E-state index contributed by atoms with van der Waals surface area (Å²) in [6, 6.07) is 2.93. The minimum atomic E-state index is -0.476. The molecule has 150 valence electrons. The van der Waals surface area contributed by atoms with Crippen LogP contribution in [0.5, 0.6) is 0 Å². The second-order valence-corrected chi connectivity index (χ2v) is 8.49. The molecule has 5 rings (SSSR count). The number of hydrogen-bond acceptors (Lipinski definition) is 5. The number of carbonyl (C=O) groups is 2. The Morgan fingerprint density at radius 3 is 1.66 bits per heavy atom. The Balaban J connectivity index is 1.11. The summed E-state index contributed by atoms with van der Waals surface area (Å²) in [5, 5.41) is 8.13. The van der Waals surface area contributed by atoms with Gasteiger partial charge in [0.05, 0.1) is 0 Å². The lowest BCUT2D eigenvalue weighted by Crippen LogP contribution is -2.20. The highest BCUT2D eigenvalue weighted by Crippen LogP contribution is 2.43. The van der Waals surface area contributed by atoms with Gasteiger partial charge in [-0.2, -0.15) is 10.2 Å². The third-order valence-corrected chi connectivity index (χ3v) is 6.58. The Morgan fingerprint density at radius 1 is 0.793 bits per heavy atom. The molecule has 2 saturated carbocycles. The Bertz CT molecular complexity index is 856. The summed E-state index contributed by atoms with van der Waals surface area (Å²) >= 11 is 0. The van der Waals surface area contributed by atoms with E-state index in [0.29, 0.717) is 35.5 Å². The summed E-state index contributed by atoms with van der Waals surface area (Å²) in [6.07, 6.45) is 17.2. The number of fused-ring (bicyclic) bond motifs is 4. The summed E-state index contributed by atoms with van der Waals surface area (Å²) in [5.41, 5.74) is 4.96. The van der Waals surface area contributed by atoms with Crippen molar-refractivity contribution in [2.75, 3.05) is 0 Å². The molecule has 0 radical (unpaired) electrons. The monoisotopic (exact) mass is 392 g/mol. The van der Waals surface area contributed by atoms with E-state index >= 15 is 0 Å². The molecule has 1 aromatic heterocycles. The molecule has 2 amide bonds. The number of carbonyl (C=O) groups excluding carboxylic acids is 2. The quantitative estimate of drug-likeness (QED) is 0.442. The van der Waals surface area contributed by atoms with Crippen molar-refractivity contribution < 1.29 is 14.0 Å². The van der Waals surface area contributed by atoms with Gasteiger partial charge >= 0.3 is 11.8 Å². The van der Waals surface area contributed by atoms with Crippen molar-refractivity contribution >= 4 is 24.2 Å². The van der Waals surface area contributed by atoms with Gasteiger partial charge in [0.15, 0.2) is 11.5 Å². The van der Waals surface area contributed by atoms with Gasteiger partial charge in [-0.15, -0.1) is 0 Å². The zero-order valence-corrected chi connectivity index (χ0v) is 16.0. The maximum atomic E-state index is 12.2. The van der Waals surface area contributed by atoms with Crippen molar-refractivity contribution in [1.29, 1.82) is 0 Å². The van der Waals surface area contributed by atoms with Gasteiger partial charge in [-0.3, -0.25) is 9.59 Å². The predicted molar refractivity (Wildman–Crippen MR) is 108 cm³/mol. The molecule has 29 heavy (non-hydrogen) atoms. The first-order valence-corrected chi connectivity index (χ1v) is 10.3. The van der Waals surface area contributed by atoms with Crippen molar-refractivity contribution in [3.05, 3.63) is 48.0 Å². The lowest BCUT2D eigenvalue weighted by Gasteiger charge is -2.11.